The molecule has 0 aliphatic carbocycles. The molecule has 1 saturated heterocycles. The molecule has 1 aliphatic heterocycles. The number of aromatic nitrogens is 6. The molecule has 2 aromatic heterocycles. The third-order valence-electron chi connectivity index (χ3n) is 4.50. The van der Waals surface area contributed by atoms with Crippen molar-refractivity contribution in [2.24, 2.45) is 0 Å². The smallest absolute Gasteiger partial charge is 0.266 e. The van der Waals surface area contributed by atoms with Gasteiger partial charge in [-0.2, -0.15) is 5.21 Å². The number of tetrazole rings is 1. The molecule has 3 N–H and O–H groups in total. The van der Waals surface area contributed by atoms with Gasteiger partial charge in [-0.3, -0.25) is 9.69 Å². The van der Waals surface area contributed by atoms with Crippen molar-refractivity contribution in [3.8, 4) is 11.4 Å². The Hall–Kier alpha value is -3.18. The van der Waals surface area contributed by atoms with Gasteiger partial charge in [0.05, 0.1) is 4.91 Å². The lowest BCUT2D eigenvalue weighted by Gasteiger charge is -2.13. The third-order valence-corrected chi connectivity index (χ3v) is 5.88. The van der Waals surface area contributed by atoms with E-state index < -0.39 is 0 Å². The summed E-state index contributed by atoms with van der Waals surface area (Å²) in [6.07, 6.45) is 4.85. The maximum atomic E-state index is 12.8. The minimum Gasteiger partial charge on any atom is -0.383 e. The highest BCUT2D eigenvalue weighted by Crippen LogP contribution is 2.33. The summed E-state index contributed by atoms with van der Waals surface area (Å²) in [6, 6.07) is 7.65. The zero-order chi connectivity index (χ0) is 21.1. The van der Waals surface area contributed by atoms with Gasteiger partial charge in [-0.1, -0.05) is 47.4 Å². The molecule has 1 fully saturated rings. The number of nitrogen functional groups attached to an aromatic ring is 1. The minimum absolute atomic E-state index is 0.0978. The number of hydrogen-bond donors (Lipinski definition) is 2. The van der Waals surface area contributed by atoms with Gasteiger partial charge in [0.2, 0.25) is 0 Å². The van der Waals surface area contributed by atoms with Gasteiger partial charge in [-0.05, 0) is 31.1 Å². The molecule has 1 aliphatic rings. The van der Waals surface area contributed by atoms with Crippen LogP contribution in [0.25, 0.3) is 17.5 Å². The Kier molecular flexibility index (Phi) is 5.81. The first-order chi connectivity index (χ1) is 14.5. The fourth-order valence-corrected chi connectivity index (χ4v) is 4.20. The number of thiocarbonyl (C=S) groups is 1. The standard InChI is InChI=1S/C19H18N8OS2/c1-11-10-21-17(22-16(11)20)13-5-2-4-12(8-13)9-14-18(28)27(19(29)30-14)7-3-6-15-23-25-26-24-15/h2,4-5,8-10H,3,6-7H2,1H3,(H2,20,21,22)(H,23,24,25,26)/b14-9-. The van der Waals surface area contributed by atoms with Crippen LogP contribution in [0.1, 0.15) is 23.4 Å². The van der Waals surface area contributed by atoms with E-state index in [1.807, 2.05) is 37.3 Å². The molecule has 0 bridgehead atoms. The minimum atomic E-state index is -0.0978. The fourth-order valence-electron chi connectivity index (χ4n) is 2.89. The van der Waals surface area contributed by atoms with Gasteiger partial charge in [0.1, 0.15) is 10.1 Å². The van der Waals surface area contributed by atoms with Gasteiger partial charge in [0, 0.05) is 30.3 Å². The first kappa shape index (κ1) is 20.1. The molecule has 3 heterocycles. The van der Waals surface area contributed by atoms with Gasteiger partial charge >= 0.3 is 0 Å². The number of rotatable bonds is 6. The Bertz CT molecular complexity index is 1130. The van der Waals surface area contributed by atoms with Crippen LogP contribution in [0.4, 0.5) is 5.82 Å². The van der Waals surface area contributed by atoms with E-state index in [-0.39, 0.29) is 5.91 Å². The number of carbonyl (C=O) groups excluding carboxylic acids is 1. The van der Waals surface area contributed by atoms with Crippen molar-refractivity contribution >= 4 is 46.1 Å². The monoisotopic (exact) mass is 438 g/mol. The largest absolute Gasteiger partial charge is 0.383 e. The van der Waals surface area contributed by atoms with E-state index in [4.69, 9.17) is 18.0 Å². The van der Waals surface area contributed by atoms with Crippen molar-refractivity contribution < 1.29 is 4.79 Å². The van der Waals surface area contributed by atoms with Gasteiger partial charge in [0.25, 0.3) is 5.91 Å². The Balaban J connectivity index is 1.48. The summed E-state index contributed by atoms with van der Waals surface area (Å²) < 4.78 is 0.546. The molecule has 11 heteroatoms. The summed E-state index contributed by atoms with van der Waals surface area (Å²) in [6.45, 7) is 2.37. The van der Waals surface area contributed by atoms with Crippen LogP contribution in [0.15, 0.2) is 35.4 Å². The summed E-state index contributed by atoms with van der Waals surface area (Å²) in [5.41, 5.74) is 8.42. The predicted molar refractivity (Wildman–Crippen MR) is 119 cm³/mol. The van der Waals surface area contributed by atoms with E-state index in [0.29, 0.717) is 46.1 Å². The maximum absolute atomic E-state index is 12.8. The second-order valence-electron chi connectivity index (χ2n) is 6.65. The van der Waals surface area contributed by atoms with Crippen molar-refractivity contribution in [1.82, 2.24) is 35.5 Å². The zero-order valence-electron chi connectivity index (χ0n) is 16.1. The zero-order valence-corrected chi connectivity index (χ0v) is 17.7. The summed E-state index contributed by atoms with van der Waals surface area (Å²) in [4.78, 5) is 23.7. The molecule has 30 heavy (non-hydrogen) atoms. The number of aromatic amines is 1. The van der Waals surface area contributed by atoms with Crippen LogP contribution in [0.3, 0.4) is 0 Å². The molecule has 4 rings (SSSR count). The number of benzene rings is 1. The second-order valence-corrected chi connectivity index (χ2v) is 8.33. The SMILES string of the molecule is Cc1cnc(-c2cccc(/C=C3\SC(=S)N(CCCc4nn[nH]n4)C3=O)c2)nc1N. The Morgan fingerprint density at radius 2 is 2.23 bits per heavy atom. The molecule has 1 aromatic carbocycles. The molecule has 3 aromatic rings. The molecule has 0 spiro atoms. The number of aryl methyl sites for hydroxylation is 2. The molecule has 0 radical (unpaired) electrons. The first-order valence-corrected chi connectivity index (χ1v) is 10.4. The van der Waals surface area contributed by atoms with E-state index in [2.05, 4.69) is 30.6 Å². The van der Waals surface area contributed by atoms with Crippen LogP contribution >= 0.6 is 24.0 Å². The van der Waals surface area contributed by atoms with Crippen LogP contribution < -0.4 is 5.73 Å². The van der Waals surface area contributed by atoms with E-state index in [0.717, 1.165) is 16.7 Å². The number of nitrogens with zero attached hydrogens (tertiary/aromatic N) is 6. The first-order valence-electron chi connectivity index (χ1n) is 9.18. The molecule has 0 unspecified atom stereocenters. The van der Waals surface area contributed by atoms with E-state index in [1.165, 1.54) is 11.8 Å². The highest BCUT2D eigenvalue weighted by Gasteiger charge is 2.31. The molecule has 1 amide bonds. The summed E-state index contributed by atoms with van der Waals surface area (Å²) in [5.74, 6) is 1.51. The molecule has 9 nitrogen and oxygen atoms in total. The highest BCUT2D eigenvalue weighted by molar-refractivity contribution is 8.26. The van der Waals surface area contributed by atoms with Crippen molar-refractivity contribution in [2.75, 3.05) is 12.3 Å². The van der Waals surface area contributed by atoms with Crippen molar-refractivity contribution in [3.05, 3.63) is 52.3 Å². The third kappa shape index (κ3) is 4.36. The number of hydrogen-bond acceptors (Lipinski definition) is 9. The van der Waals surface area contributed by atoms with Crippen LogP contribution in [-0.4, -0.2) is 52.3 Å². The second kappa shape index (κ2) is 8.67. The highest BCUT2D eigenvalue weighted by atomic mass is 32.2. The lowest BCUT2D eigenvalue weighted by molar-refractivity contribution is -0.122. The number of H-pyrrole nitrogens is 1. The average Bonchev–Trinajstić information content (AvgIpc) is 3.34. The van der Waals surface area contributed by atoms with Crippen LogP contribution in [-0.2, 0) is 11.2 Å². The van der Waals surface area contributed by atoms with Crippen molar-refractivity contribution in [1.29, 1.82) is 0 Å². The van der Waals surface area contributed by atoms with Crippen molar-refractivity contribution in [3.63, 3.8) is 0 Å². The molecular formula is C19H18N8OS2. The normalized spacial score (nSPS) is 15.4. The molecule has 0 atom stereocenters. The maximum Gasteiger partial charge on any atom is 0.266 e. The van der Waals surface area contributed by atoms with Crippen LogP contribution in [0.2, 0.25) is 0 Å². The van der Waals surface area contributed by atoms with Crippen molar-refractivity contribution in [2.45, 2.75) is 19.8 Å². The van der Waals surface area contributed by atoms with Gasteiger partial charge in [-0.15, -0.1) is 10.2 Å². The number of nitrogens with one attached hydrogen (secondary N) is 1. The number of carbonyl (C=O) groups is 1. The van der Waals surface area contributed by atoms with E-state index in [1.54, 1.807) is 11.1 Å². The van der Waals surface area contributed by atoms with E-state index in [9.17, 15) is 4.79 Å². The van der Waals surface area contributed by atoms with Gasteiger partial charge in [-0.25, -0.2) is 9.97 Å². The fraction of sp³-hybridized carbons (Fsp3) is 0.211. The number of thioether (sulfide) groups is 1. The number of anilines is 1. The van der Waals surface area contributed by atoms with Gasteiger partial charge < -0.3 is 5.73 Å². The van der Waals surface area contributed by atoms with Crippen LogP contribution in [0.5, 0.6) is 0 Å². The molecule has 0 saturated carbocycles. The Morgan fingerprint density at radius 3 is 3.00 bits per heavy atom. The summed E-state index contributed by atoms with van der Waals surface area (Å²) in [7, 11) is 0. The average molecular weight is 439 g/mol. The summed E-state index contributed by atoms with van der Waals surface area (Å²) >= 11 is 6.70. The van der Waals surface area contributed by atoms with Gasteiger partial charge in [0.15, 0.2) is 11.6 Å². The lowest BCUT2D eigenvalue weighted by Crippen LogP contribution is -2.29. The molecular weight excluding hydrogens is 420 g/mol. The lowest BCUT2D eigenvalue weighted by atomic mass is 10.1. The Morgan fingerprint density at radius 1 is 1.37 bits per heavy atom. The topological polar surface area (TPSA) is 127 Å². The number of nitrogens with two attached hydrogens (primary N) is 1. The quantitative estimate of drug-likeness (QED) is 0.440. The number of amides is 1. The van der Waals surface area contributed by atoms with E-state index >= 15 is 0 Å². The van der Waals surface area contributed by atoms with Crippen LogP contribution in [0, 0.1) is 6.92 Å². The Labute approximate surface area is 182 Å². The predicted octanol–water partition coefficient (Wildman–Crippen LogP) is 2.38. The summed E-state index contributed by atoms with van der Waals surface area (Å²) in [5, 5.41) is 13.8. The molecule has 152 valence electrons.